The summed E-state index contributed by atoms with van der Waals surface area (Å²) in [5.74, 6) is 1.63. The summed E-state index contributed by atoms with van der Waals surface area (Å²) >= 11 is 0. The van der Waals surface area contributed by atoms with Crippen LogP contribution in [-0.4, -0.2) is 36.6 Å². The Labute approximate surface area is 121 Å². The van der Waals surface area contributed by atoms with Crippen molar-refractivity contribution >= 4 is 29.6 Å². The van der Waals surface area contributed by atoms with E-state index in [0.29, 0.717) is 30.6 Å². The molecule has 0 saturated carbocycles. The number of pyridine rings is 1. The Bertz CT molecular complexity index is 704. The quantitative estimate of drug-likeness (QED) is 0.826. The molecule has 2 N–H and O–H groups in total. The largest absolute Gasteiger partial charge is 0.504 e. The standard InChI is InChI=1S/C15H15N3O3/c1-20-6-5-16-14-8-12(19)13(21-14)7-10-9-18-15-11(10)3-2-4-17-15/h2-4,7-9,16,19H,5-6H2,1H3. The van der Waals surface area contributed by atoms with Crippen LogP contribution in [0.2, 0.25) is 0 Å². The van der Waals surface area contributed by atoms with Gasteiger partial charge in [0.1, 0.15) is 0 Å². The topological polar surface area (TPSA) is 79.9 Å². The normalized spacial score (nSPS) is 14.6. The van der Waals surface area contributed by atoms with Crippen LogP contribution in [0.5, 0.6) is 5.75 Å². The van der Waals surface area contributed by atoms with Crippen molar-refractivity contribution in [1.29, 1.82) is 0 Å². The minimum absolute atomic E-state index is 0.0770. The molecule has 3 rings (SSSR count). The van der Waals surface area contributed by atoms with Crippen LogP contribution >= 0.6 is 0 Å². The van der Waals surface area contributed by atoms with Crippen molar-refractivity contribution in [2.24, 2.45) is 4.99 Å². The van der Waals surface area contributed by atoms with E-state index in [2.05, 4.69) is 15.3 Å². The maximum atomic E-state index is 9.93. The van der Waals surface area contributed by atoms with Crippen molar-refractivity contribution in [2.45, 2.75) is 0 Å². The molecule has 0 fully saturated rings. The minimum atomic E-state index is 0.0770. The molecule has 0 radical (unpaired) electrons. The number of ether oxygens (including phenoxy) is 1. The Hall–Kier alpha value is -2.60. The fourth-order valence-electron chi connectivity index (χ4n) is 2.04. The van der Waals surface area contributed by atoms with Crippen molar-refractivity contribution in [3.63, 3.8) is 0 Å². The van der Waals surface area contributed by atoms with Crippen molar-refractivity contribution in [1.82, 2.24) is 4.98 Å². The van der Waals surface area contributed by atoms with E-state index in [9.17, 15) is 5.11 Å². The Morgan fingerprint density at radius 1 is 1.48 bits per heavy atom. The number of aromatic hydroxyl groups is 1. The Balaban J connectivity index is 1.82. The first-order chi connectivity index (χ1) is 10.3. The molecule has 6 heteroatoms. The molecular formula is C15H15N3O3. The highest BCUT2D eigenvalue weighted by Crippen LogP contribution is 2.34. The lowest BCUT2D eigenvalue weighted by atomic mass is 10.1. The van der Waals surface area contributed by atoms with Crippen molar-refractivity contribution < 1.29 is 14.3 Å². The molecule has 3 heterocycles. The summed E-state index contributed by atoms with van der Waals surface area (Å²) in [6, 6.07) is 5.32. The number of rotatable bonds is 5. The van der Waals surface area contributed by atoms with Gasteiger partial charge < -0.3 is 19.6 Å². The molecule has 1 aliphatic rings. The smallest absolute Gasteiger partial charge is 0.197 e. The van der Waals surface area contributed by atoms with E-state index in [1.54, 1.807) is 25.6 Å². The van der Waals surface area contributed by atoms with Crippen LogP contribution in [0.3, 0.4) is 0 Å². The lowest BCUT2D eigenvalue weighted by Gasteiger charge is -2.00. The number of fused-ring (bicyclic) bond motifs is 1. The van der Waals surface area contributed by atoms with Gasteiger partial charge in [0, 0.05) is 43.3 Å². The SMILES string of the molecule is COCCNc1cc(O)c(C=C2C=Nc3ncccc32)o1. The molecule has 0 aromatic carbocycles. The van der Waals surface area contributed by atoms with E-state index in [1.165, 1.54) is 6.07 Å². The van der Waals surface area contributed by atoms with Gasteiger partial charge in [0.2, 0.25) is 0 Å². The van der Waals surface area contributed by atoms with Crippen LogP contribution in [0.1, 0.15) is 11.3 Å². The van der Waals surface area contributed by atoms with Crippen LogP contribution in [0.15, 0.2) is 33.8 Å². The zero-order chi connectivity index (χ0) is 14.7. The average Bonchev–Trinajstić information content (AvgIpc) is 3.05. The Morgan fingerprint density at radius 2 is 2.38 bits per heavy atom. The predicted molar refractivity (Wildman–Crippen MR) is 81.0 cm³/mol. The summed E-state index contributed by atoms with van der Waals surface area (Å²) in [6.07, 6.45) is 5.15. The molecule has 21 heavy (non-hydrogen) atoms. The van der Waals surface area contributed by atoms with E-state index in [4.69, 9.17) is 9.15 Å². The number of hydrogen-bond donors (Lipinski definition) is 2. The van der Waals surface area contributed by atoms with Gasteiger partial charge in [0.05, 0.1) is 6.61 Å². The van der Waals surface area contributed by atoms with Gasteiger partial charge in [-0.25, -0.2) is 9.98 Å². The predicted octanol–water partition coefficient (Wildman–Crippen LogP) is 2.70. The molecule has 6 nitrogen and oxygen atoms in total. The van der Waals surface area contributed by atoms with Gasteiger partial charge in [-0.3, -0.25) is 0 Å². The van der Waals surface area contributed by atoms with Crippen LogP contribution in [0.25, 0.3) is 11.6 Å². The average molecular weight is 285 g/mol. The minimum Gasteiger partial charge on any atom is -0.504 e. The molecule has 0 atom stereocenters. The molecular weight excluding hydrogens is 270 g/mol. The number of allylic oxidation sites excluding steroid dienone is 1. The number of aromatic nitrogens is 1. The lowest BCUT2D eigenvalue weighted by Crippen LogP contribution is -2.06. The molecule has 0 spiro atoms. The number of nitrogens with one attached hydrogen (secondary N) is 1. The number of aliphatic imine (C=N–C) groups is 1. The number of hydrogen-bond acceptors (Lipinski definition) is 6. The number of anilines is 1. The zero-order valence-corrected chi connectivity index (χ0v) is 11.5. The molecule has 0 bridgehead atoms. The maximum Gasteiger partial charge on any atom is 0.197 e. The van der Waals surface area contributed by atoms with Gasteiger partial charge >= 0.3 is 0 Å². The third-order valence-corrected chi connectivity index (χ3v) is 3.06. The fourth-order valence-corrected chi connectivity index (χ4v) is 2.04. The van der Waals surface area contributed by atoms with Crippen molar-refractivity contribution in [3.8, 4) is 5.75 Å². The third kappa shape index (κ3) is 2.80. The number of furan rings is 1. The van der Waals surface area contributed by atoms with Gasteiger partial charge in [-0.2, -0.15) is 0 Å². The van der Waals surface area contributed by atoms with E-state index in [-0.39, 0.29) is 5.75 Å². The summed E-state index contributed by atoms with van der Waals surface area (Å²) in [5.41, 5.74) is 1.77. The van der Waals surface area contributed by atoms with Gasteiger partial charge in [0.25, 0.3) is 0 Å². The molecule has 1 aliphatic heterocycles. The zero-order valence-electron chi connectivity index (χ0n) is 11.5. The van der Waals surface area contributed by atoms with Crippen molar-refractivity contribution in [3.05, 3.63) is 35.7 Å². The number of methoxy groups -OCH3 is 1. The first-order valence-electron chi connectivity index (χ1n) is 6.54. The van der Waals surface area contributed by atoms with Gasteiger partial charge in [-0.15, -0.1) is 0 Å². The maximum absolute atomic E-state index is 9.93. The second-order valence-electron chi connectivity index (χ2n) is 4.51. The first kappa shape index (κ1) is 13.4. The molecule has 0 amide bonds. The van der Waals surface area contributed by atoms with Gasteiger partial charge in [-0.05, 0) is 18.2 Å². The summed E-state index contributed by atoms with van der Waals surface area (Å²) in [6.45, 7) is 1.16. The molecule has 0 aliphatic carbocycles. The summed E-state index contributed by atoms with van der Waals surface area (Å²) in [4.78, 5) is 8.38. The second-order valence-corrected chi connectivity index (χ2v) is 4.51. The van der Waals surface area contributed by atoms with E-state index in [1.807, 2.05) is 12.1 Å². The molecule has 2 aromatic rings. The summed E-state index contributed by atoms with van der Waals surface area (Å²) < 4.78 is 10.5. The Morgan fingerprint density at radius 3 is 3.24 bits per heavy atom. The lowest BCUT2D eigenvalue weighted by molar-refractivity contribution is 0.210. The van der Waals surface area contributed by atoms with Crippen LogP contribution < -0.4 is 5.32 Å². The highest BCUT2D eigenvalue weighted by Gasteiger charge is 2.15. The van der Waals surface area contributed by atoms with Crippen LogP contribution in [0, 0.1) is 0 Å². The second kappa shape index (κ2) is 5.80. The number of nitrogens with zero attached hydrogens (tertiary/aromatic N) is 2. The van der Waals surface area contributed by atoms with Crippen molar-refractivity contribution in [2.75, 3.05) is 25.6 Å². The third-order valence-electron chi connectivity index (χ3n) is 3.06. The Kier molecular flexibility index (Phi) is 3.70. The molecule has 0 unspecified atom stereocenters. The van der Waals surface area contributed by atoms with E-state index < -0.39 is 0 Å². The van der Waals surface area contributed by atoms with E-state index in [0.717, 1.165) is 11.1 Å². The van der Waals surface area contributed by atoms with Crippen LogP contribution in [-0.2, 0) is 4.74 Å². The summed E-state index contributed by atoms with van der Waals surface area (Å²) in [5, 5.41) is 13.0. The molecule has 2 aromatic heterocycles. The fraction of sp³-hybridized carbons (Fsp3) is 0.200. The van der Waals surface area contributed by atoms with E-state index >= 15 is 0 Å². The highest BCUT2D eigenvalue weighted by molar-refractivity contribution is 6.20. The first-order valence-corrected chi connectivity index (χ1v) is 6.54. The molecule has 0 saturated heterocycles. The highest BCUT2D eigenvalue weighted by atomic mass is 16.5. The van der Waals surface area contributed by atoms with Gasteiger partial charge in [0.15, 0.2) is 23.2 Å². The molecule has 108 valence electrons. The monoisotopic (exact) mass is 285 g/mol. The summed E-state index contributed by atoms with van der Waals surface area (Å²) in [7, 11) is 1.63. The van der Waals surface area contributed by atoms with Crippen LogP contribution in [0.4, 0.5) is 11.7 Å². The van der Waals surface area contributed by atoms with Gasteiger partial charge in [-0.1, -0.05) is 0 Å².